The third-order valence-corrected chi connectivity index (χ3v) is 2.00. The molecule has 0 aliphatic carbocycles. The van der Waals surface area contributed by atoms with Gasteiger partial charge < -0.3 is 14.7 Å². The highest BCUT2D eigenvalue weighted by atomic mass is 16.5. The smallest absolute Gasteiger partial charge is 0.409 e. The van der Waals surface area contributed by atoms with E-state index in [1.165, 1.54) is 12.0 Å². The van der Waals surface area contributed by atoms with Crippen LogP contribution in [0.1, 0.15) is 13.3 Å². The predicted octanol–water partition coefficient (Wildman–Crippen LogP) is 0.911. The van der Waals surface area contributed by atoms with Gasteiger partial charge in [-0.2, -0.15) is 0 Å². The Balaban J connectivity index is 4.20. The minimum Gasteiger partial charge on any atom is -0.465 e. The van der Waals surface area contributed by atoms with Crippen LogP contribution in [0, 0.1) is 0 Å². The molecule has 0 aromatic carbocycles. The van der Waals surface area contributed by atoms with Crippen molar-refractivity contribution in [3.8, 4) is 0 Å². The lowest BCUT2D eigenvalue weighted by Crippen LogP contribution is -2.43. The van der Waals surface area contributed by atoms with Gasteiger partial charge in [0.05, 0.1) is 0 Å². The fourth-order valence-corrected chi connectivity index (χ4v) is 1.18. The number of ether oxygens (including phenoxy) is 1. The quantitative estimate of drug-likeness (QED) is 0.653. The van der Waals surface area contributed by atoms with Gasteiger partial charge >= 0.3 is 6.09 Å². The minimum atomic E-state index is -0.930. The molecule has 1 unspecified atom stereocenters. The normalized spacial score (nSPS) is 12.9. The van der Waals surface area contributed by atoms with E-state index in [1.54, 1.807) is 0 Å². The van der Waals surface area contributed by atoms with Crippen LogP contribution in [0.5, 0.6) is 0 Å². The Morgan fingerprint density at radius 1 is 1.43 bits per heavy atom. The summed E-state index contributed by atoms with van der Waals surface area (Å²) >= 11 is 0. The molecule has 0 radical (unpaired) electrons. The molecule has 0 saturated carbocycles. The Morgan fingerprint density at radius 2 is 2.00 bits per heavy atom. The van der Waals surface area contributed by atoms with Crippen LogP contribution in [0.15, 0.2) is 0 Å². The Kier molecular flexibility index (Phi) is 6.23. The van der Waals surface area contributed by atoms with Crippen LogP contribution in [0.4, 0.5) is 4.79 Å². The topological polar surface area (TPSA) is 53.0 Å². The van der Waals surface area contributed by atoms with Gasteiger partial charge in [-0.15, -0.1) is 0 Å². The van der Waals surface area contributed by atoms with Crippen molar-refractivity contribution in [2.45, 2.75) is 19.6 Å². The molecule has 14 heavy (non-hydrogen) atoms. The number of hydrogen-bond acceptors (Lipinski definition) is 3. The van der Waals surface area contributed by atoms with Crippen LogP contribution >= 0.6 is 0 Å². The van der Waals surface area contributed by atoms with Crippen LogP contribution in [0.25, 0.3) is 0 Å². The lowest BCUT2D eigenvalue weighted by Gasteiger charge is -2.28. The number of methoxy groups -OCH3 is 1. The Hall–Kier alpha value is -0.810. The Morgan fingerprint density at radius 3 is 2.29 bits per heavy atom. The van der Waals surface area contributed by atoms with Gasteiger partial charge in [0, 0.05) is 20.2 Å². The van der Waals surface area contributed by atoms with Gasteiger partial charge in [-0.05, 0) is 20.5 Å². The van der Waals surface area contributed by atoms with Gasteiger partial charge in [-0.25, -0.2) is 4.79 Å². The highest BCUT2D eigenvalue weighted by Crippen LogP contribution is 2.05. The van der Waals surface area contributed by atoms with Crippen molar-refractivity contribution in [1.82, 2.24) is 9.80 Å². The number of rotatable bonds is 6. The largest absolute Gasteiger partial charge is 0.465 e. The molecule has 0 fully saturated rings. The van der Waals surface area contributed by atoms with Crippen molar-refractivity contribution < 1.29 is 14.6 Å². The number of nitrogens with zero attached hydrogens (tertiary/aromatic N) is 2. The summed E-state index contributed by atoms with van der Waals surface area (Å²) in [4.78, 5) is 14.2. The first kappa shape index (κ1) is 13.2. The van der Waals surface area contributed by atoms with Crippen molar-refractivity contribution in [2.75, 3.05) is 34.3 Å². The van der Waals surface area contributed by atoms with Crippen molar-refractivity contribution in [2.24, 2.45) is 0 Å². The molecule has 1 atom stereocenters. The van der Waals surface area contributed by atoms with Gasteiger partial charge in [-0.1, -0.05) is 6.92 Å². The van der Waals surface area contributed by atoms with Crippen LogP contribution in [0.3, 0.4) is 0 Å². The fourth-order valence-electron chi connectivity index (χ4n) is 1.18. The molecular formula is C9H20N2O3. The SMILES string of the molecule is CCC(OC)N(CCN(C)C)C(=O)O. The van der Waals surface area contributed by atoms with E-state index in [4.69, 9.17) is 9.84 Å². The zero-order valence-corrected chi connectivity index (χ0v) is 9.36. The lowest BCUT2D eigenvalue weighted by atomic mass is 10.3. The minimum absolute atomic E-state index is 0.340. The number of carboxylic acid groups (broad SMARTS) is 1. The zero-order valence-electron chi connectivity index (χ0n) is 9.36. The van der Waals surface area contributed by atoms with E-state index in [9.17, 15) is 4.79 Å². The van der Waals surface area contributed by atoms with Crippen LogP contribution in [0.2, 0.25) is 0 Å². The lowest BCUT2D eigenvalue weighted by molar-refractivity contribution is -0.0248. The summed E-state index contributed by atoms with van der Waals surface area (Å²) in [6.07, 6.45) is -0.607. The van der Waals surface area contributed by atoms with Gasteiger partial charge in [0.1, 0.15) is 6.23 Å². The maximum Gasteiger partial charge on any atom is 0.409 e. The molecular weight excluding hydrogens is 184 g/mol. The number of carbonyl (C=O) groups is 1. The maximum absolute atomic E-state index is 10.9. The number of amides is 1. The first-order chi connectivity index (χ1) is 6.52. The number of hydrogen-bond donors (Lipinski definition) is 1. The molecule has 0 aromatic heterocycles. The highest BCUT2D eigenvalue weighted by Gasteiger charge is 2.20. The average molecular weight is 204 g/mol. The van der Waals surface area contributed by atoms with E-state index in [0.717, 1.165) is 0 Å². The Bertz CT molecular complexity index is 169. The molecule has 0 aliphatic rings. The summed E-state index contributed by atoms with van der Waals surface area (Å²) in [7, 11) is 5.35. The first-order valence-corrected chi connectivity index (χ1v) is 4.70. The second kappa shape index (κ2) is 6.62. The van der Waals surface area contributed by atoms with E-state index < -0.39 is 6.09 Å². The summed E-state index contributed by atoms with van der Waals surface area (Å²) in [5.74, 6) is 0. The average Bonchev–Trinajstić information content (AvgIpc) is 2.11. The zero-order chi connectivity index (χ0) is 11.1. The standard InChI is InChI=1S/C9H20N2O3/c1-5-8(14-4)11(9(12)13)7-6-10(2)3/h8H,5-7H2,1-4H3,(H,12,13). The van der Waals surface area contributed by atoms with Crippen molar-refractivity contribution >= 4 is 6.09 Å². The van der Waals surface area contributed by atoms with Gasteiger partial charge in [0.25, 0.3) is 0 Å². The monoisotopic (exact) mass is 204 g/mol. The fraction of sp³-hybridized carbons (Fsp3) is 0.889. The van der Waals surface area contributed by atoms with Crippen molar-refractivity contribution in [3.63, 3.8) is 0 Å². The second-order valence-electron chi connectivity index (χ2n) is 3.38. The highest BCUT2D eigenvalue weighted by molar-refractivity contribution is 5.65. The molecule has 0 aromatic rings. The van der Waals surface area contributed by atoms with E-state index in [1.807, 2.05) is 25.9 Å². The molecule has 0 bridgehead atoms. The molecule has 1 N–H and O–H groups in total. The third-order valence-electron chi connectivity index (χ3n) is 2.00. The molecule has 84 valence electrons. The molecule has 0 rings (SSSR count). The van der Waals surface area contributed by atoms with E-state index in [-0.39, 0.29) is 6.23 Å². The summed E-state index contributed by atoms with van der Waals surface area (Å²) in [6, 6.07) is 0. The molecule has 5 heteroatoms. The second-order valence-corrected chi connectivity index (χ2v) is 3.38. The van der Waals surface area contributed by atoms with Crippen LogP contribution < -0.4 is 0 Å². The van der Waals surface area contributed by atoms with Gasteiger partial charge in [-0.3, -0.25) is 4.90 Å². The Labute approximate surface area is 85.2 Å². The van der Waals surface area contributed by atoms with E-state index in [2.05, 4.69) is 0 Å². The summed E-state index contributed by atoms with van der Waals surface area (Å²) < 4.78 is 5.08. The maximum atomic E-state index is 10.9. The van der Waals surface area contributed by atoms with Crippen LogP contribution in [-0.4, -0.2) is 61.5 Å². The number of likely N-dealkylation sites (N-methyl/N-ethyl adjacent to an activating group) is 1. The molecule has 0 aliphatic heterocycles. The molecule has 0 spiro atoms. The third kappa shape index (κ3) is 4.43. The first-order valence-electron chi connectivity index (χ1n) is 4.70. The van der Waals surface area contributed by atoms with Gasteiger partial charge in [0.2, 0.25) is 0 Å². The molecule has 0 heterocycles. The molecule has 0 saturated heterocycles. The summed E-state index contributed by atoms with van der Waals surface area (Å²) in [6.45, 7) is 3.07. The summed E-state index contributed by atoms with van der Waals surface area (Å²) in [5.41, 5.74) is 0. The summed E-state index contributed by atoms with van der Waals surface area (Å²) in [5, 5.41) is 8.95. The van der Waals surface area contributed by atoms with Crippen LogP contribution in [-0.2, 0) is 4.74 Å². The van der Waals surface area contributed by atoms with Crippen molar-refractivity contribution in [1.29, 1.82) is 0 Å². The van der Waals surface area contributed by atoms with E-state index >= 15 is 0 Å². The molecule has 1 amide bonds. The van der Waals surface area contributed by atoms with Gasteiger partial charge in [0.15, 0.2) is 0 Å². The van der Waals surface area contributed by atoms with E-state index in [0.29, 0.717) is 19.5 Å². The predicted molar refractivity (Wildman–Crippen MR) is 54.4 cm³/mol. The van der Waals surface area contributed by atoms with Crippen molar-refractivity contribution in [3.05, 3.63) is 0 Å². The molecule has 5 nitrogen and oxygen atoms in total.